The maximum atomic E-state index is 11.8. The summed E-state index contributed by atoms with van der Waals surface area (Å²) in [6.07, 6.45) is 0. The number of sulfonamides is 1. The summed E-state index contributed by atoms with van der Waals surface area (Å²) in [7, 11) is -2.12. The van der Waals surface area contributed by atoms with Crippen LogP contribution in [0.1, 0.15) is 13.8 Å². The summed E-state index contributed by atoms with van der Waals surface area (Å²) in [4.78, 5) is 11.1. The largest absolute Gasteiger partial charge is 0.495 e. The van der Waals surface area contributed by atoms with Crippen LogP contribution >= 0.6 is 0 Å². The number of hydrogen-bond donors (Lipinski definition) is 2. The van der Waals surface area contributed by atoms with E-state index in [2.05, 4.69) is 10.0 Å². The van der Waals surface area contributed by atoms with Gasteiger partial charge in [0.05, 0.1) is 17.7 Å². The molecule has 0 aliphatic heterocycles. The summed E-state index contributed by atoms with van der Waals surface area (Å²) in [5.74, 6) is 0.0415. The van der Waals surface area contributed by atoms with Gasteiger partial charge in [0.25, 0.3) is 0 Å². The third-order valence-corrected chi connectivity index (χ3v) is 3.67. The topological polar surface area (TPSA) is 84.5 Å². The average Bonchev–Trinajstić information content (AvgIpc) is 2.28. The minimum Gasteiger partial charge on any atom is -0.495 e. The van der Waals surface area contributed by atoms with Gasteiger partial charge in [-0.2, -0.15) is 0 Å². The second-order valence-electron chi connectivity index (χ2n) is 3.54. The predicted octanol–water partition coefficient (Wildman–Crippen LogP) is 0.952. The molecule has 1 aromatic carbocycles. The van der Waals surface area contributed by atoms with Gasteiger partial charge < -0.3 is 10.1 Å². The molecule has 0 aliphatic carbocycles. The lowest BCUT2D eigenvalue weighted by Gasteiger charge is -2.11. The van der Waals surface area contributed by atoms with Crippen LogP contribution in [0, 0.1) is 0 Å². The smallest absolute Gasteiger partial charge is 0.240 e. The molecule has 0 fully saturated rings. The first kappa shape index (κ1) is 14.5. The Labute approximate surface area is 106 Å². The monoisotopic (exact) mass is 272 g/mol. The Morgan fingerprint density at radius 1 is 1.39 bits per heavy atom. The van der Waals surface area contributed by atoms with Crippen molar-refractivity contribution in [3.63, 3.8) is 0 Å². The zero-order valence-corrected chi connectivity index (χ0v) is 11.3. The maximum Gasteiger partial charge on any atom is 0.240 e. The highest BCUT2D eigenvalue weighted by Crippen LogP contribution is 2.27. The van der Waals surface area contributed by atoms with Gasteiger partial charge in [0.1, 0.15) is 5.75 Å². The van der Waals surface area contributed by atoms with Crippen LogP contribution in [0.15, 0.2) is 23.1 Å². The first-order chi connectivity index (χ1) is 8.40. The summed E-state index contributed by atoms with van der Waals surface area (Å²) < 4.78 is 31.0. The lowest BCUT2D eigenvalue weighted by atomic mass is 10.3. The Bertz CT molecular complexity index is 540. The third-order valence-electron chi connectivity index (χ3n) is 2.13. The fraction of sp³-hybridized carbons (Fsp3) is 0.364. The van der Waals surface area contributed by atoms with Crippen molar-refractivity contribution in [3.8, 4) is 5.75 Å². The van der Waals surface area contributed by atoms with Crippen molar-refractivity contribution in [2.75, 3.05) is 19.0 Å². The van der Waals surface area contributed by atoms with E-state index in [1.54, 1.807) is 6.92 Å². The molecule has 1 amide bonds. The first-order valence-electron chi connectivity index (χ1n) is 5.36. The highest BCUT2D eigenvalue weighted by atomic mass is 32.2. The highest BCUT2D eigenvalue weighted by molar-refractivity contribution is 7.89. The molecule has 1 rings (SSSR count). The molecule has 6 nitrogen and oxygen atoms in total. The fourth-order valence-electron chi connectivity index (χ4n) is 1.40. The Balaban J connectivity index is 3.17. The number of rotatable bonds is 5. The van der Waals surface area contributed by atoms with E-state index in [0.29, 0.717) is 18.0 Å². The molecule has 1 aromatic rings. The molecular weight excluding hydrogens is 256 g/mol. The number of methoxy groups -OCH3 is 1. The third kappa shape index (κ3) is 3.44. The van der Waals surface area contributed by atoms with Gasteiger partial charge in [-0.3, -0.25) is 4.79 Å². The molecule has 0 atom stereocenters. The molecule has 0 spiro atoms. The lowest BCUT2D eigenvalue weighted by molar-refractivity contribution is -0.114. The van der Waals surface area contributed by atoms with Crippen LogP contribution in [0.5, 0.6) is 5.75 Å². The van der Waals surface area contributed by atoms with Crippen molar-refractivity contribution < 1.29 is 17.9 Å². The molecule has 2 N–H and O–H groups in total. The first-order valence-corrected chi connectivity index (χ1v) is 6.84. The number of carbonyl (C=O) groups excluding carboxylic acids is 1. The van der Waals surface area contributed by atoms with E-state index in [4.69, 9.17) is 4.74 Å². The molecule has 0 saturated carbocycles. The van der Waals surface area contributed by atoms with Crippen molar-refractivity contribution in [1.82, 2.24) is 4.72 Å². The van der Waals surface area contributed by atoms with Gasteiger partial charge in [0.2, 0.25) is 15.9 Å². The van der Waals surface area contributed by atoms with E-state index in [0.717, 1.165) is 0 Å². The average molecular weight is 272 g/mol. The summed E-state index contributed by atoms with van der Waals surface area (Å²) in [6.45, 7) is 3.36. The molecule has 0 radical (unpaired) electrons. The van der Waals surface area contributed by atoms with Gasteiger partial charge >= 0.3 is 0 Å². The molecule has 18 heavy (non-hydrogen) atoms. The molecule has 0 aliphatic rings. The molecule has 7 heteroatoms. The van der Waals surface area contributed by atoms with E-state index in [1.165, 1.54) is 32.2 Å². The Morgan fingerprint density at radius 3 is 2.56 bits per heavy atom. The van der Waals surface area contributed by atoms with Crippen LogP contribution in [-0.4, -0.2) is 28.0 Å². The van der Waals surface area contributed by atoms with Gasteiger partial charge in [0, 0.05) is 19.5 Å². The number of benzene rings is 1. The molecule has 0 saturated heterocycles. The van der Waals surface area contributed by atoms with Crippen LogP contribution in [0.4, 0.5) is 5.69 Å². The van der Waals surface area contributed by atoms with Gasteiger partial charge in [0.15, 0.2) is 0 Å². The number of nitrogens with one attached hydrogen (secondary N) is 2. The normalized spacial score (nSPS) is 11.1. The summed E-state index contributed by atoms with van der Waals surface area (Å²) >= 11 is 0. The number of carbonyl (C=O) groups is 1. The number of amides is 1. The van der Waals surface area contributed by atoms with Crippen molar-refractivity contribution in [1.29, 1.82) is 0 Å². The highest BCUT2D eigenvalue weighted by Gasteiger charge is 2.15. The Kier molecular flexibility index (Phi) is 4.69. The van der Waals surface area contributed by atoms with Gasteiger partial charge in [-0.1, -0.05) is 6.92 Å². The summed E-state index contributed by atoms with van der Waals surface area (Å²) in [5.41, 5.74) is 0.431. The minimum absolute atomic E-state index is 0.0929. The van der Waals surface area contributed by atoms with E-state index in [1.807, 2.05) is 0 Å². The van der Waals surface area contributed by atoms with E-state index >= 15 is 0 Å². The zero-order valence-electron chi connectivity index (χ0n) is 10.5. The number of hydrogen-bond acceptors (Lipinski definition) is 4. The molecule has 100 valence electrons. The van der Waals surface area contributed by atoms with Crippen LogP contribution in [-0.2, 0) is 14.8 Å². The standard InChI is InChI=1S/C11H16N2O4S/c1-4-12-18(15,16)9-5-6-10(13-8(2)14)11(7-9)17-3/h5-7,12H,4H2,1-3H3,(H,13,14). The molecule has 0 aromatic heterocycles. The number of anilines is 1. The van der Waals surface area contributed by atoms with Crippen molar-refractivity contribution in [3.05, 3.63) is 18.2 Å². The lowest BCUT2D eigenvalue weighted by Crippen LogP contribution is -2.23. The molecular formula is C11H16N2O4S. The SMILES string of the molecule is CCNS(=O)(=O)c1ccc(NC(C)=O)c(OC)c1. The van der Waals surface area contributed by atoms with Crippen LogP contribution < -0.4 is 14.8 Å². The Hall–Kier alpha value is -1.60. The molecule has 0 bridgehead atoms. The zero-order chi connectivity index (χ0) is 13.8. The van der Waals surface area contributed by atoms with Gasteiger partial charge in [-0.05, 0) is 12.1 Å². The second kappa shape index (κ2) is 5.83. The van der Waals surface area contributed by atoms with Crippen molar-refractivity contribution >= 4 is 21.6 Å². The van der Waals surface area contributed by atoms with Crippen LogP contribution in [0.3, 0.4) is 0 Å². The van der Waals surface area contributed by atoms with E-state index in [9.17, 15) is 13.2 Å². The predicted molar refractivity (Wildman–Crippen MR) is 68.2 cm³/mol. The Morgan fingerprint density at radius 2 is 2.06 bits per heavy atom. The van der Waals surface area contributed by atoms with Crippen molar-refractivity contribution in [2.24, 2.45) is 0 Å². The van der Waals surface area contributed by atoms with E-state index < -0.39 is 10.0 Å². The van der Waals surface area contributed by atoms with Gasteiger partial charge in [-0.25, -0.2) is 13.1 Å². The summed E-state index contributed by atoms with van der Waals surface area (Å²) in [5, 5.41) is 2.56. The molecule has 0 unspecified atom stereocenters. The molecule has 0 heterocycles. The quantitative estimate of drug-likeness (QED) is 0.836. The van der Waals surface area contributed by atoms with Crippen LogP contribution in [0.2, 0.25) is 0 Å². The summed E-state index contributed by atoms with van der Waals surface area (Å²) in [6, 6.07) is 4.26. The minimum atomic E-state index is -3.53. The van der Waals surface area contributed by atoms with Gasteiger partial charge in [-0.15, -0.1) is 0 Å². The maximum absolute atomic E-state index is 11.8. The van der Waals surface area contributed by atoms with Crippen molar-refractivity contribution in [2.45, 2.75) is 18.7 Å². The van der Waals surface area contributed by atoms with Crippen LogP contribution in [0.25, 0.3) is 0 Å². The number of ether oxygens (including phenoxy) is 1. The fourth-order valence-corrected chi connectivity index (χ4v) is 2.46. The van der Waals surface area contributed by atoms with E-state index in [-0.39, 0.29) is 10.8 Å². The second-order valence-corrected chi connectivity index (χ2v) is 5.31.